The molecular formula is C15H16N4O2. The highest BCUT2D eigenvalue weighted by atomic mass is 16.2. The number of carbonyl (C=O) groups excluding carboxylic acids is 2. The van der Waals surface area contributed by atoms with Crippen LogP contribution in [0.1, 0.15) is 17.3 Å². The van der Waals surface area contributed by atoms with E-state index in [1.807, 2.05) is 0 Å². The maximum Gasteiger partial charge on any atom is 0.254 e. The van der Waals surface area contributed by atoms with E-state index in [9.17, 15) is 9.59 Å². The molecule has 2 heterocycles. The Balaban J connectivity index is 2.19. The normalized spacial score (nSPS) is 10.0. The molecule has 2 aromatic rings. The third kappa shape index (κ3) is 3.62. The molecule has 0 bridgehead atoms. The first-order valence-electron chi connectivity index (χ1n) is 6.39. The summed E-state index contributed by atoms with van der Waals surface area (Å²) in [7, 11) is 3.39. The predicted octanol–water partition coefficient (Wildman–Crippen LogP) is 1.80. The number of anilines is 1. The van der Waals surface area contributed by atoms with Crippen molar-refractivity contribution < 1.29 is 9.59 Å². The van der Waals surface area contributed by atoms with Crippen LogP contribution in [0.3, 0.4) is 0 Å². The van der Waals surface area contributed by atoms with E-state index < -0.39 is 0 Å². The fraction of sp³-hybridized carbons (Fsp3) is 0.200. The van der Waals surface area contributed by atoms with Crippen LogP contribution in [-0.4, -0.2) is 40.8 Å². The second-order valence-electron chi connectivity index (χ2n) is 4.74. The Bertz CT molecular complexity index is 648. The van der Waals surface area contributed by atoms with Gasteiger partial charge >= 0.3 is 0 Å². The number of rotatable bonds is 3. The number of carbonyl (C=O) groups is 2. The van der Waals surface area contributed by atoms with E-state index in [4.69, 9.17) is 0 Å². The average Bonchev–Trinajstić information content (AvgIpc) is 2.47. The van der Waals surface area contributed by atoms with E-state index >= 15 is 0 Å². The van der Waals surface area contributed by atoms with Gasteiger partial charge in [0.1, 0.15) is 0 Å². The highest BCUT2D eigenvalue weighted by Crippen LogP contribution is 2.17. The third-order valence-electron chi connectivity index (χ3n) is 2.76. The molecule has 6 nitrogen and oxygen atoms in total. The van der Waals surface area contributed by atoms with Crippen LogP contribution in [0.5, 0.6) is 0 Å². The molecule has 0 spiro atoms. The van der Waals surface area contributed by atoms with Gasteiger partial charge < -0.3 is 10.2 Å². The summed E-state index contributed by atoms with van der Waals surface area (Å²) in [5, 5.41) is 2.65. The van der Waals surface area contributed by atoms with Gasteiger partial charge in [0.2, 0.25) is 5.91 Å². The molecule has 2 amide bonds. The fourth-order valence-electron chi connectivity index (χ4n) is 1.75. The first-order chi connectivity index (χ1) is 9.97. The molecule has 2 aromatic heterocycles. The number of aromatic nitrogens is 2. The molecule has 0 aliphatic carbocycles. The van der Waals surface area contributed by atoms with Gasteiger partial charge in [0.25, 0.3) is 5.91 Å². The molecule has 0 aliphatic rings. The summed E-state index contributed by atoms with van der Waals surface area (Å²) in [5.74, 6) is -0.239. The Morgan fingerprint density at radius 1 is 1.00 bits per heavy atom. The van der Waals surface area contributed by atoms with Crippen LogP contribution in [0, 0.1) is 0 Å². The second-order valence-corrected chi connectivity index (χ2v) is 4.74. The minimum atomic E-state index is -0.144. The monoisotopic (exact) mass is 284 g/mol. The van der Waals surface area contributed by atoms with Gasteiger partial charge in [-0.1, -0.05) is 0 Å². The Morgan fingerprint density at radius 2 is 1.62 bits per heavy atom. The summed E-state index contributed by atoms with van der Waals surface area (Å²) in [6, 6.07) is 6.98. The van der Waals surface area contributed by atoms with Crippen LogP contribution in [0.4, 0.5) is 5.69 Å². The summed E-state index contributed by atoms with van der Waals surface area (Å²) in [6.07, 6.45) is 3.10. The number of amides is 2. The van der Waals surface area contributed by atoms with Gasteiger partial charge in [0, 0.05) is 27.2 Å². The second kappa shape index (κ2) is 6.13. The van der Waals surface area contributed by atoms with Crippen molar-refractivity contribution in [1.29, 1.82) is 0 Å². The van der Waals surface area contributed by atoms with Crippen LogP contribution in [-0.2, 0) is 4.79 Å². The van der Waals surface area contributed by atoms with Crippen molar-refractivity contribution >= 4 is 17.5 Å². The molecule has 0 unspecified atom stereocenters. The van der Waals surface area contributed by atoms with E-state index in [0.717, 1.165) is 0 Å². The van der Waals surface area contributed by atoms with Crippen LogP contribution >= 0.6 is 0 Å². The minimum Gasteiger partial charge on any atom is -0.345 e. The lowest BCUT2D eigenvalue weighted by atomic mass is 10.2. The van der Waals surface area contributed by atoms with Gasteiger partial charge in [-0.2, -0.15) is 0 Å². The van der Waals surface area contributed by atoms with Gasteiger partial charge in [0.05, 0.1) is 28.8 Å². The summed E-state index contributed by atoms with van der Waals surface area (Å²) in [5.41, 5.74) is 2.50. The quantitative estimate of drug-likeness (QED) is 0.932. The average molecular weight is 284 g/mol. The van der Waals surface area contributed by atoms with Crippen molar-refractivity contribution in [2.75, 3.05) is 19.4 Å². The molecule has 6 heteroatoms. The number of pyridine rings is 2. The van der Waals surface area contributed by atoms with Crippen molar-refractivity contribution in [2.24, 2.45) is 0 Å². The Morgan fingerprint density at radius 3 is 2.05 bits per heavy atom. The number of nitrogens with zero attached hydrogens (tertiary/aromatic N) is 3. The first-order valence-corrected chi connectivity index (χ1v) is 6.39. The number of hydrogen-bond donors (Lipinski definition) is 1. The Kier molecular flexibility index (Phi) is 4.27. The van der Waals surface area contributed by atoms with E-state index in [1.54, 1.807) is 44.6 Å². The van der Waals surface area contributed by atoms with Crippen LogP contribution in [0.2, 0.25) is 0 Å². The largest absolute Gasteiger partial charge is 0.345 e. The Labute approximate surface area is 122 Å². The molecule has 21 heavy (non-hydrogen) atoms. The number of hydrogen-bond acceptors (Lipinski definition) is 4. The molecule has 0 aliphatic heterocycles. The molecule has 1 N–H and O–H groups in total. The summed E-state index contributed by atoms with van der Waals surface area (Å²) >= 11 is 0. The zero-order valence-electron chi connectivity index (χ0n) is 12.1. The van der Waals surface area contributed by atoms with Gasteiger partial charge in [-0.25, -0.2) is 0 Å². The smallest absolute Gasteiger partial charge is 0.254 e. The van der Waals surface area contributed by atoms with Crippen molar-refractivity contribution in [1.82, 2.24) is 14.9 Å². The highest BCUT2D eigenvalue weighted by Gasteiger charge is 2.09. The molecule has 0 atom stereocenters. The van der Waals surface area contributed by atoms with Crippen molar-refractivity contribution in [2.45, 2.75) is 6.92 Å². The molecule has 0 fully saturated rings. The van der Waals surface area contributed by atoms with E-state index in [0.29, 0.717) is 22.6 Å². The van der Waals surface area contributed by atoms with Crippen LogP contribution in [0.15, 0.2) is 36.7 Å². The Hall–Kier alpha value is -2.76. The molecular weight excluding hydrogens is 268 g/mol. The maximum absolute atomic E-state index is 11.8. The van der Waals surface area contributed by atoms with Crippen LogP contribution < -0.4 is 5.32 Å². The lowest BCUT2D eigenvalue weighted by Crippen LogP contribution is -2.21. The zero-order valence-corrected chi connectivity index (χ0v) is 12.1. The van der Waals surface area contributed by atoms with Gasteiger partial charge in [0.15, 0.2) is 0 Å². The van der Waals surface area contributed by atoms with E-state index in [-0.39, 0.29) is 11.8 Å². The maximum atomic E-state index is 11.8. The van der Waals surface area contributed by atoms with Crippen molar-refractivity contribution in [3.05, 3.63) is 42.2 Å². The lowest BCUT2D eigenvalue weighted by Gasteiger charge is -2.10. The van der Waals surface area contributed by atoms with Gasteiger partial charge in [-0.05, 0) is 24.3 Å². The SMILES string of the molecule is CC(=O)Nc1ccc(-c2ccc(C(=O)N(C)C)cn2)nc1. The molecule has 108 valence electrons. The molecule has 0 radical (unpaired) electrons. The van der Waals surface area contributed by atoms with Gasteiger partial charge in [-0.3, -0.25) is 19.6 Å². The molecule has 0 saturated carbocycles. The van der Waals surface area contributed by atoms with Crippen molar-refractivity contribution in [3.63, 3.8) is 0 Å². The van der Waals surface area contributed by atoms with Gasteiger partial charge in [-0.15, -0.1) is 0 Å². The summed E-state index contributed by atoms with van der Waals surface area (Å²) < 4.78 is 0. The van der Waals surface area contributed by atoms with E-state index in [2.05, 4.69) is 15.3 Å². The van der Waals surface area contributed by atoms with Crippen LogP contribution in [0.25, 0.3) is 11.4 Å². The first kappa shape index (κ1) is 14.6. The summed E-state index contributed by atoms with van der Waals surface area (Å²) in [6.45, 7) is 1.44. The zero-order chi connectivity index (χ0) is 15.4. The lowest BCUT2D eigenvalue weighted by molar-refractivity contribution is -0.114. The highest BCUT2D eigenvalue weighted by molar-refractivity contribution is 5.93. The number of nitrogens with one attached hydrogen (secondary N) is 1. The molecule has 0 saturated heterocycles. The van der Waals surface area contributed by atoms with E-state index in [1.165, 1.54) is 18.0 Å². The minimum absolute atomic E-state index is 0.0944. The third-order valence-corrected chi connectivity index (χ3v) is 2.76. The fourth-order valence-corrected chi connectivity index (χ4v) is 1.75. The standard InChI is InChI=1S/C15H16N4O2/c1-10(20)18-12-5-7-14(17-9-12)13-6-4-11(8-16-13)15(21)19(2)3/h4-9H,1-3H3,(H,18,20). The topological polar surface area (TPSA) is 75.2 Å². The predicted molar refractivity (Wildman–Crippen MR) is 79.8 cm³/mol. The van der Waals surface area contributed by atoms with Crippen molar-refractivity contribution in [3.8, 4) is 11.4 Å². The molecule has 2 rings (SSSR count). The summed E-state index contributed by atoms with van der Waals surface area (Å²) in [4.78, 5) is 32.7. The molecule has 0 aromatic carbocycles.